The van der Waals surface area contributed by atoms with Gasteiger partial charge >= 0.3 is 0 Å². The van der Waals surface area contributed by atoms with Gasteiger partial charge in [0.2, 0.25) is 0 Å². The molecule has 24 heavy (non-hydrogen) atoms. The van der Waals surface area contributed by atoms with Gasteiger partial charge in [0, 0.05) is 18.0 Å². The van der Waals surface area contributed by atoms with E-state index in [0.29, 0.717) is 12.6 Å². The third kappa shape index (κ3) is 2.72. The molecule has 4 nitrogen and oxygen atoms in total. The summed E-state index contributed by atoms with van der Waals surface area (Å²) < 4.78 is 15.1. The van der Waals surface area contributed by atoms with Crippen LogP contribution in [-0.2, 0) is 17.8 Å². The lowest BCUT2D eigenvalue weighted by Gasteiger charge is -2.29. The highest BCUT2D eigenvalue weighted by molar-refractivity contribution is 7.98. The average Bonchev–Trinajstić information content (AvgIpc) is 2.92. The van der Waals surface area contributed by atoms with Crippen LogP contribution in [0.5, 0.6) is 0 Å². The first kappa shape index (κ1) is 16.6. The van der Waals surface area contributed by atoms with Gasteiger partial charge in [0.1, 0.15) is 17.9 Å². The molecule has 6 heteroatoms. The lowest BCUT2D eigenvalue weighted by molar-refractivity contribution is -0.0476. The minimum atomic E-state index is -0.179. The first-order chi connectivity index (χ1) is 11.5. The number of fused-ring (bicyclic) bond motifs is 3. The topological polar surface area (TPSA) is 40.2 Å². The standard InChI is InChI=1S/C18H24N2O2S2/c1-18(2)9-12-13(10-21-18)22-15-14(12)19-17(24-3)20(16(15)23)11-7-5-4-6-8-11/h11H,4-10H2,1-3H3. The monoisotopic (exact) mass is 364 g/mol. The van der Waals surface area contributed by atoms with E-state index in [-0.39, 0.29) is 5.60 Å². The third-order valence-electron chi connectivity index (χ3n) is 5.21. The second-order valence-electron chi connectivity index (χ2n) is 7.47. The third-order valence-corrected chi connectivity index (χ3v) is 6.24. The summed E-state index contributed by atoms with van der Waals surface area (Å²) in [5.41, 5.74) is 2.72. The summed E-state index contributed by atoms with van der Waals surface area (Å²) in [6.07, 6.45) is 9.15. The van der Waals surface area contributed by atoms with E-state index >= 15 is 0 Å². The molecule has 1 aliphatic carbocycles. The van der Waals surface area contributed by atoms with Crippen molar-refractivity contribution in [2.45, 2.75) is 75.8 Å². The fourth-order valence-electron chi connectivity index (χ4n) is 3.95. The van der Waals surface area contributed by atoms with Crippen molar-refractivity contribution in [3.05, 3.63) is 16.0 Å². The highest BCUT2D eigenvalue weighted by atomic mass is 32.2. The van der Waals surface area contributed by atoms with Gasteiger partial charge in [-0.2, -0.15) is 0 Å². The fourth-order valence-corrected chi connectivity index (χ4v) is 5.00. The summed E-state index contributed by atoms with van der Waals surface area (Å²) in [7, 11) is 0. The smallest absolute Gasteiger partial charge is 0.188 e. The van der Waals surface area contributed by atoms with Crippen molar-refractivity contribution in [2.75, 3.05) is 6.26 Å². The van der Waals surface area contributed by atoms with Crippen LogP contribution in [0.4, 0.5) is 0 Å². The van der Waals surface area contributed by atoms with Gasteiger partial charge in [-0.15, -0.1) is 0 Å². The van der Waals surface area contributed by atoms with Gasteiger partial charge in [0.25, 0.3) is 0 Å². The Morgan fingerprint density at radius 3 is 2.71 bits per heavy atom. The Kier molecular flexibility index (Phi) is 4.25. The zero-order chi connectivity index (χ0) is 16.9. The van der Waals surface area contributed by atoms with Gasteiger partial charge in [-0.1, -0.05) is 43.2 Å². The van der Waals surface area contributed by atoms with Crippen molar-refractivity contribution < 1.29 is 9.15 Å². The summed E-state index contributed by atoms with van der Waals surface area (Å²) in [6, 6.07) is 0.459. The SMILES string of the molecule is CSc1nc2c3c(oc2c(=S)n1C1CCCCC1)COC(C)(C)C3. The van der Waals surface area contributed by atoms with Gasteiger partial charge in [-0.3, -0.25) is 0 Å². The summed E-state index contributed by atoms with van der Waals surface area (Å²) in [4.78, 5) is 4.98. The normalized spacial score (nSPS) is 21.1. The average molecular weight is 365 g/mol. The number of furan rings is 1. The van der Waals surface area contributed by atoms with E-state index in [2.05, 4.69) is 24.7 Å². The van der Waals surface area contributed by atoms with Crippen molar-refractivity contribution >= 4 is 35.1 Å². The van der Waals surface area contributed by atoms with E-state index < -0.39 is 0 Å². The summed E-state index contributed by atoms with van der Waals surface area (Å²) in [5.74, 6) is 0.899. The van der Waals surface area contributed by atoms with Crippen LogP contribution in [0.15, 0.2) is 9.57 Å². The predicted octanol–water partition coefficient (Wildman–Crippen LogP) is 5.44. The van der Waals surface area contributed by atoms with E-state index in [9.17, 15) is 0 Å². The van der Waals surface area contributed by atoms with Gasteiger partial charge in [0.05, 0.1) is 5.60 Å². The number of hydrogen-bond acceptors (Lipinski definition) is 5. The Bertz CT molecular complexity index is 832. The summed E-state index contributed by atoms with van der Waals surface area (Å²) in [5, 5.41) is 1.02. The number of ether oxygens (including phenoxy) is 1. The maximum Gasteiger partial charge on any atom is 0.188 e. The second-order valence-corrected chi connectivity index (χ2v) is 8.63. The number of thioether (sulfide) groups is 1. The van der Waals surface area contributed by atoms with Gasteiger partial charge in [0.15, 0.2) is 15.4 Å². The minimum absolute atomic E-state index is 0.179. The van der Waals surface area contributed by atoms with Gasteiger partial charge < -0.3 is 13.7 Å². The Morgan fingerprint density at radius 2 is 2.00 bits per heavy atom. The molecule has 0 atom stereocenters. The quantitative estimate of drug-likeness (QED) is 0.403. The van der Waals surface area contributed by atoms with Crippen LogP contribution in [0, 0.1) is 4.64 Å². The van der Waals surface area contributed by atoms with Gasteiger partial charge in [-0.25, -0.2) is 4.98 Å². The van der Waals surface area contributed by atoms with Crippen LogP contribution in [0.25, 0.3) is 11.1 Å². The Morgan fingerprint density at radius 1 is 1.25 bits per heavy atom. The first-order valence-electron chi connectivity index (χ1n) is 8.75. The lowest BCUT2D eigenvalue weighted by Crippen LogP contribution is -2.31. The van der Waals surface area contributed by atoms with E-state index in [0.717, 1.165) is 33.1 Å². The number of hydrogen-bond donors (Lipinski definition) is 0. The molecule has 1 fully saturated rings. The van der Waals surface area contributed by atoms with Crippen molar-refractivity contribution in [2.24, 2.45) is 0 Å². The number of aromatic nitrogens is 2. The molecule has 0 bridgehead atoms. The summed E-state index contributed by atoms with van der Waals surface area (Å²) >= 11 is 7.53. The number of nitrogens with zero attached hydrogens (tertiary/aromatic N) is 2. The van der Waals surface area contributed by atoms with E-state index in [4.69, 9.17) is 26.4 Å². The number of rotatable bonds is 2. The molecular weight excluding hydrogens is 340 g/mol. The molecule has 0 aromatic carbocycles. The van der Waals surface area contributed by atoms with E-state index in [1.807, 2.05) is 0 Å². The molecule has 3 heterocycles. The highest BCUT2D eigenvalue weighted by Crippen LogP contribution is 2.38. The van der Waals surface area contributed by atoms with E-state index in [1.54, 1.807) is 11.8 Å². The highest BCUT2D eigenvalue weighted by Gasteiger charge is 2.32. The van der Waals surface area contributed by atoms with Crippen molar-refractivity contribution in [1.29, 1.82) is 0 Å². The fraction of sp³-hybridized carbons (Fsp3) is 0.667. The second kappa shape index (κ2) is 6.15. The van der Waals surface area contributed by atoms with Crippen molar-refractivity contribution in [3.63, 3.8) is 0 Å². The van der Waals surface area contributed by atoms with Crippen LogP contribution in [0.1, 0.15) is 63.3 Å². The summed E-state index contributed by atoms with van der Waals surface area (Å²) in [6.45, 7) is 4.74. The van der Waals surface area contributed by atoms with Crippen LogP contribution < -0.4 is 0 Å². The maximum absolute atomic E-state index is 6.12. The molecule has 0 amide bonds. The van der Waals surface area contributed by atoms with Gasteiger partial charge in [-0.05, 0) is 32.9 Å². The molecule has 0 saturated heterocycles. The maximum atomic E-state index is 6.12. The van der Waals surface area contributed by atoms with Crippen LogP contribution in [0.3, 0.4) is 0 Å². The predicted molar refractivity (Wildman–Crippen MR) is 99.3 cm³/mol. The van der Waals surface area contributed by atoms with Crippen LogP contribution >= 0.6 is 24.0 Å². The van der Waals surface area contributed by atoms with Crippen molar-refractivity contribution in [3.8, 4) is 0 Å². The zero-order valence-electron chi connectivity index (χ0n) is 14.6. The molecule has 0 radical (unpaired) electrons. The molecule has 2 aromatic rings. The Balaban J connectivity index is 1.90. The Hall–Kier alpha value is -0.850. The lowest BCUT2D eigenvalue weighted by atomic mass is 9.95. The van der Waals surface area contributed by atoms with E-state index in [1.165, 1.54) is 37.7 Å². The molecule has 1 saturated carbocycles. The molecule has 2 aromatic heterocycles. The van der Waals surface area contributed by atoms with Crippen LogP contribution in [-0.4, -0.2) is 21.4 Å². The molecule has 4 rings (SSSR count). The molecule has 130 valence electrons. The largest absolute Gasteiger partial charge is 0.453 e. The minimum Gasteiger partial charge on any atom is -0.453 e. The van der Waals surface area contributed by atoms with Crippen LogP contribution in [0.2, 0.25) is 0 Å². The Labute approximate surface area is 152 Å². The zero-order valence-corrected chi connectivity index (χ0v) is 16.2. The molecule has 1 aliphatic heterocycles. The molecule has 0 unspecified atom stereocenters. The van der Waals surface area contributed by atoms with Crippen molar-refractivity contribution in [1.82, 2.24) is 9.55 Å². The first-order valence-corrected chi connectivity index (χ1v) is 10.4. The molecule has 2 aliphatic rings. The molecular formula is C18H24N2O2S2. The molecule has 0 spiro atoms. The molecule has 0 N–H and O–H groups in total.